The van der Waals surface area contributed by atoms with E-state index in [-0.39, 0.29) is 23.8 Å². The number of carbonyl (C=O) groups excluding carboxylic acids is 3. The van der Waals surface area contributed by atoms with Crippen LogP contribution in [0.4, 0.5) is 4.79 Å². The van der Waals surface area contributed by atoms with Crippen molar-refractivity contribution in [3.63, 3.8) is 0 Å². The second-order valence-electron chi connectivity index (χ2n) is 6.40. The highest BCUT2D eigenvalue weighted by Gasteiger charge is 2.50. The molecular weight excluding hydrogens is 342 g/mol. The van der Waals surface area contributed by atoms with Crippen LogP contribution in [-0.2, 0) is 19.9 Å². The SMILES string of the molecule is COC(=O)[C@@H]1C[NH+](CN2C(=O)N[C@@](C)(c3ccccc3)C2=O)CCS1. The third kappa shape index (κ3) is 3.36. The van der Waals surface area contributed by atoms with Crippen LogP contribution in [0, 0.1) is 0 Å². The summed E-state index contributed by atoms with van der Waals surface area (Å²) in [6.07, 6.45) is 0. The van der Waals surface area contributed by atoms with Gasteiger partial charge in [-0.15, -0.1) is 11.8 Å². The zero-order valence-electron chi connectivity index (χ0n) is 14.3. The van der Waals surface area contributed by atoms with E-state index in [4.69, 9.17) is 4.74 Å². The zero-order chi connectivity index (χ0) is 18.0. The number of methoxy groups -OCH3 is 1. The molecule has 0 saturated carbocycles. The average molecular weight is 364 g/mol. The molecule has 2 fully saturated rings. The smallest absolute Gasteiger partial charge is 0.329 e. The molecule has 2 saturated heterocycles. The molecule has 25 heavy (non-hydrogen) atoms. The van der Waals surface area contributed by atoms with Crippen LogP contribution in [0.2, 0.25) is 0 Å². The lowest BCUT2D eigenvalue weighted by molar-refractivity contribution is -0.905. The molecule has 0 bridgehead atoms. The van der Waals surface area contributed by atoms with Crippen LogP contribution >= 0.6 is 11.8 Å². The van der Waals surface area contributed by atoms with Gasteiger partial charge in [0.15, 0.2) is 11.9 Å². The minimum Gasteiger partial charge on any atom is -0.468 e. The largest absolute Gasteiger partial charge is 0.468 e. The third-order valence-electron chi connectivity index (χ3n) is 4.72. The predicted molar refractivity (Wildman–Crippen MR) is 93.0 cm³/mol. The summed E-state index contributed by atoms with van der Waals surface area (Å²) in [6, 6.07) is 8.83. The van der Waals surface area contributed by atoms with E-state index in [0.717, 1.165) is 22.8 Å². The van der Waals surface area contributed by atoms with Crippen LogP contribution in [0.5, 0.6) is 0 Å². The van der Waals surface area contributed by atoms with E-state index < -0.39 is 11.6 Å². The number of hydrogen-bond donors (Lipinski definition) is 2. The van der Waals surface area contributed by atoms with Gasteiger partial charge < -0.3 is 15.0 Å². The Kier molecular flexibility index (Phi) is 5.01. The van der Waals surface area contributed by atoms with Crippen molar-refractivity contribution < 1.29 is 24.0 Å². The van der Waals surface area contributed by atoms with Crippen LogP contribution in [0.15, 0.2) is 30.3 Å². The maximum absolute atomic E-state index is 12.9. The molecule has 2 aliphatic rings. The Morgan fingerprint density at radius 1 is 1.40 bits per heavy atom. The van der Waals surface area contributed by atoms with Crippen molar-refractivity contribution in [2.75, 3.05) is 32.6 Å². The molecule has 0 radical (unpaired) electrons. The summed E-state index contributed by atoms with van der Waals surface area (Å²) in [4.78, 5) is 39.3. The second kappa shape index (κ2) is 7.05. The van der Waals surface area contributed by atoms with Crippen molar-refractivity contribution in [3.05, 3.63) is 35.9 Å². The molecule has 134 valence electrons. The molecule has 3 amide bonds. The van der Waals surface area contributed by atoms with Gasteiger partial charge in [-0.2, -0.15) is 0 Å². The quantitative estimate of drug-likeness (QED) is 0.561. The lowest BCUT2D eigenvalue weighted by Gasteiger charge is -2.30. The first-order valence-corrected chi connectivity index (χ1v) is 9.23. The predicted octanol–water partition coefficient (Wildman–Crippen LogP) is -0.416. The average Bonchev–Trinajstić information content (AvgIpc) is 2.86. The number of amides is 3. The van der Waals surface area contributed by atoms with Gasteiger partial charge >= 0.3 is 12.0 Å². The summed E-state index contributed by atoms with van der Waals surface area (Å²) in [5, 5.41) is 2.55. The first-order chi connectivity index (χ1) is 12.0. The standard InChI is InChI=1S/C17H21N3O4S/c1-17(12-6-4-3-5-7-12)15(22)20(16(23)18-17)11-19-8-9-25-13(10-19)14(21)24-2/h3-7,13H,8-11H2,1-2H3,(H,18,23)/p+1/t13-,17-/m0/s1. The van der Waals surface area contributed by atoms with E-state index in [1.807, 2.05) is 30.3 Å². The van der Waals surface area contributed by atoms with Gasteiger partial charge in [0, 0.05) is 5.75 Å². The molecule has 3 atom stereocenters. The van der Waals surface area contributed by atoms with E-state index in [1.54, 1.807) is 18.7 Å². The molecule has 1 aromatic rings. The highest BCUT2D eigenvalue weighted by atomic mass is 32.2. The number of thioether (sulfide) groups is 1. The molecular formula is C17H22N3O4S+. The van der Waals surface area contributed by atoms with Crippen LogP contribution < -0.4 is 10.2 Å². The summed E-state index contributed by atoms with van der Waals surface area (Å²) in [5.74, 6) is 0.270. The van der Waals surface area contributed by atoms with E-state index in [2.05, 4.69) is 5.32 Å². The van der Waals surface area contributed by atoms with Crippen LogP contribution in [0.25, 0.3) is 0 Å². The number of hydrogen-bond acceptors (Lipinski definition) is 5. The third-order valence-corrected chi connectivity index (χ3v) is 5.92. The number of ether oxygens (including phenoxy) is 1. The number of nitrogens with zero attached hydrogens (tertiary/aromatic N) is 1. The Morgan fingerprint density at radius 2 is 2.12 bits per heavy atom. The fourth-order valence-electron chi connectivity index (χ4n) is 3.23. The minimum absolute atomic E-state index is 0.251. The Labute approximate surface area is 150 Å². The van der Waals surface area contributed by atoms with Crippen molar-refractivity contribution in [1.82, 2.24) is 10.2 Å². The number of carbonyl (C=O) groups is 3. The van der Waals surface area contributed by atoms with Gasteiger partial charge in [-0.25, -0.2) is 9.69 Å². The molecule has 1 aromatic carbocycles. The molecule has 1 unspecified atom stereocenters. The molecule has 3 rings (SSSR count). The zero-order valence-corrected chi connectivity index (χ0v) is 15.1. The Morgan fingerprint density at radius 3 is 2.80 bits per heavy atom. The van der Waals surface area contributed by atoms with Crippen LogP contribution in [0.1, 0.15) is 12.5 Å². The summed E-state index contributed by atoms with van der Waals surface area (Å²) >= 11 is 1.56. The van der Waals surface area contributed by atoms with Gasteiger partial charge in [0.05, 0.1) is 13.7 Å². The highest BCUT2D eigenvalue weighted by molar-refractivity contribution is 8.00. The van der Waals surface area contributed by atoms with Crippen LogP contribution in [-0.4, -0.2) is 60.7 Å². The molecule has 2 N–H and O–H groups in total. The number of urea groups is 1. The topological polar surface area (TPSA) is 80.2 Å². The number of rotatable bonds is 4. The maximum Gasteiger partial charge on any atom is 0.329 e. The summed E-state index contributed by atoms with van der Waals surface area (Å²) in [5.41, 5.74) is -0.295. The van der Waals surface area contributed by atoms with Crippen LogP contribution in [0.3, 0.4) is 0 Å². The van der Waals surface area contributed by atoms with Crippen molar-refractivity contribution >= 4 is 29.7 Å². The number of benzene rings is 1. The Hall–Kier alpha value is -2.06. The van der Waals surface area contributed by atoms with Crippen molar-refractivity contribution in [3.8, 4) is 0 Å². The molecule has 0 spiro atoms. The van der Waals surface area contributed by atoms with Gasteiger partial charge in [0.25, 0.3) is 5.91 Å². The molecule has 2 heterocycles. The van der Waals surface area contributed by atoms with E-state index in [0.29, 0.717) is 6.54 Å². The first kappa shape index (κ1) is 17.8. The lowest BCUT2D eigenvalue weighted by Crippen LogP contribution is -3.16. The first-order valence-electron chi connectivity index (χ1n) is 8.18. The normalized spacial score (nSPS) is 29.4. The monoisotopic (exact) mass is 364 g/mol. The van der Waals surface area contributed by atoms with Crippen molar-refractivity contribution in [2.45, 2.75) is 17.7 Å². The number of nitrogens with one attached hydrogen (secondary N) is 2. The van der Waals surface area contributed by atoms with Gasteiger partial charge in [-0.05, 0) is 12.5 Å². The maximum atomic E-state index is 12.9. The molecule has 7 nitrogen and oxygen atoms in total. The summed E-state index contributed by atoms with van der Waals surface area (Å²) in [7, 11) is 1.37. The van der Waals surface area contributed by atoms with Gasteiger partial charge in [0.1, 0.15) is 12.1 Å². The fraction of sp³-hybridized carbons (Fsp3) is 0.471. The number of esters is 1. The summed E-state index contributed by atoms with van der Waals surface area (Å²) in [6.45, 7) is 3.30. The van der Waals surface area contributed by atoms with Gasteiger partial charge in [-0.3, -0.25) is 9.59 Å². The Bertz CT molecular complexity index is 684. The summed E-state index contributed by atoms with van der Waals surface area (Å²) < 4.78 is 4.81. The van der Waals surface area contributed by atoms with E-state index in [1.165, 1.54) is 12.0 Å². The molecule has 0 aromatic heterocycles. The minimum atomic E-state index is -1.05. The molecule has 2 aliphatic heterocycles. The van der Waals surface area contributed by atoms with Gasteiger partial charge in [-0.1, -0.05) is 30.3 Å². The molecule has 0 aliphatic carbocycles. The fourth-order valence-corrected chi connectivity index (χ4v) is 4.50. The van der Waals surface area contributed by atoms with Crippen molar-refractivity contribution in [2.24, 2.45) is 0 Å². The lowest BCUT2D eigenvalue weighted by atomic mass is 9.92. The van der Waals surface area contributed by atoms with E-state index in [9.17, 15) is 14.4 Å². The molecule has 8 heteroatoms. The Balaban J connectivity index is 1.72. The van der Waals surface area contributed by atoms with E-state index >= 15 is 0 Å². The highest BCUT2D eigenvalue weighted by Crippen LogP contribution is 2.28. The second-order valence-corrected chi connectivity index (χ2v) is 7.71. The van der Waals surface area contributed by atoms with Gasteiger partial charge in [0.2, 0.25) is 0 Å². The van der Waals surface area contributed by atoms with Crippen molar-refractivity contribution in [1.29, 1.82) is 0 Å². The number of imide groups is 1. The number of quaternary nitrogens is 1.